The van der Waals surface area contributed by atoms with Gasteiger partial charge < -0.3 is 10.6 Å². The summed E-state index contributed by atoms with van der Waals surface area (Å²) in [5.41, 5.74) is 8.23. The maximum Gasteiger partial charge on any atom is 0.254 e. The SMILES string of the molecule is Cc1c(N)cc(Br)cc1C(=O)N1CCCCCCC1. The molecule has 1 fully saturated rings. The van der Waals surface area contributed by atoms with Crippen molar-refractivity contribution in [2.45, 2.75) is 39.0 Å². The molecule has 0 aliphatic carbocycles. The molecule has 0 radical (unpaired) electrons. The minimum absolute atomic E-state index is 0.118. The Balaban J connectivity index is 2.22. The average molecular weight is 325 g/mol. The molecule has 0 spiro atoms. The van der Waals surface area contributed by atoms with E-state index in [2.05, 4.69) is 15.9 Å². The predicted molar refractivity (Wildman–Crippen MR) is 82.3 cm³/mol. The molecule has 1 saturated heterocycles. The highest BCUT2D eigenvalue weighted by Crippen LogP contribution is 2.24. The number of nitrogen functional groups attached to an aromatic ring is 1. The molecule has 1 aliphatic heterocycles. The highest BCUT2D eigenvalue weighted by atomic mass is 79.9. The number of hydrogen-bond acceptors (Lipinski definition) is 2. The number of hydrogen-bond donors (Lipinski definition) is 1. The van der Waals surface area contributed by atoms with Crippen LogP contribution >= 0.6 is 15.9 Å². The molecule has 0 bridgehead atoms. The van der Waals surface area contributed by atoms with Crippen LogP contribution in [-0.4, -0.2) is 23.9 Å². The normalized spacial score (nSPS) is 16.8. The van der Waals surface area contributed by atoms with Gasteiger partial charge in [0.15, 0.2) is 0 Å². The molecule has 4 heteroatoms. The van der Waals surface area contributed by atoms with Crippen LogP contribution in [0, 0.1) is 6.92 Å². The van der Waals surface area contributed by atoms with Gasteiger partial charge in [0.25, 0.3) is 5.91 Å². The molecular formula is C15H21BrN2O. The van der Waals surface area contributed by atoms with E-state index in [0.29, 0.717) is 5.69 Å². The van der Waals surface area contributed by atoms with Gasteiger partial charge in [-0.15, -0.1) is 0 Å². The van der Waals surface area contributed by atoms with E-state index in [1.165, 1.54) is 19.3 Å². The number of nitrogens with zero attached hydrogens (tertiary/aromatic N) is 1. The first-order chi connectivity index (χ1) is 9.09. The Morgan fingerprint density at radius 3 is 2.37 bits per heavy atom. The van der Waals surface area contributed by atoms with Crippen LogP contribution < -0.4 is 5.73 Å². The van der Waals surface area contributed by atoms with Crippen LogP contribution in [0.1, 0.15) is 48.0 Å². The second kappa shape index (κ2) is 6.42. The molecular weight excluding hydrogens is 304 g/mol. The van der Waals surface area contributed by atoms with Crippen molar-refractivity contribution in [2.24, 2.45) is 0 Å². The average Bonchev–Trinajstić information content (AvgIpc) is 2.32. The smallest absolute Gasteiger partial charge is 0.254 e. The summed E-state index contributed by atoms with van der Waals surface area (Å²) in [5, 5.41) is 0. The standard InChI is InChI=1S/C15H21BrN2O/c1-11-13(9-12(16)10-14(11)17)15(19)18-7-5-3-2-4-6-8-18/h9-10H,2-8,17H2,1H3. The molecule has 1 amide bonds. The lowest BCUT2D eigenvalue weighted by Crippen LogP contribution is -2.34. The Kier molecular flexibility index (Phi) is 4.86. The van der Waals surface area contributed by atoms with Crippen LogP contribution in [0.3, 0.4) is 0 Å². The predicted octanol–water partition coefficient (Wildman–Crippen LogP) is 3.75. The third-order valence-electron chi connectivity index (χ3n) is 3.79. The van der Waals surface area contributed by atoms with Gasteiger partial charge in [-0.3, -0.25) is 4.79 Å². The van der Waals surface area contributed by atoms with Gasteiger partial charge in [-0.1, -0.05) is 35.2 Å². The number of benzene rings is 1. The summed E-state index contributed by atoms with van der Waals surface area (Å²) in [7, 11) is 0. The van der Waals surface area contributed by atoms with E-state index in [-0.39, 0.29) is 5.91 Å². The molecule has 2 rings (SSSR count). The zero-order valence-electron chi connectivity index (χ0n) is 11.4. The summed E-state index contributed by atoms with van der Waals surface area (Å²) in [4.78, 5) is 14.6. The Labute approximate surface area is 123 Å². The molecule has 1 aromatic rings. The first kappa shape index (κ1) is 14.4. The van der Waals surface area contributed by atoms with Crippen LogP contribution in [0.5, 0.6) is 0 Å². The van der Waals surface area contributed by atoms with E-state index in [1.807, 2.05) is 24.0 Å². The van der Waals surface area contributed by atoms with Crippen molar-refractivity contribution in [3.05, 3.63) is 27.7 Å². The van der Waals surface area contributed by atoms with E-state index in [0.717, 1.165) is 41.5 Å². The summed E-state index contributed by atoms with van der Waals surface area (Å²) >= 11 is 3.42. The molecule has 1 heterocycles. The molecule has 2 N–H and O–H groups in total. The summed E-state index contributed by atoms with van der Waals surface area (Å²) in [6.07, 6.45) is 5.96. The fraction of sp³-hybridized carbons (Fsp3) is 0.533. The van der Waals surface area contributed by atoms with E-state index >= 15 is 0 Å². The number of carbonyl (C=O) groups excluding carboxylic acids is 1. The van der Waals surface area contributed by atoms with Gasteiger partial charge in [0, 0.05) is 28.8 Å². The maximum atomic E-state index is 12.6. The molecule has 0 aromatic heterocycles. The first-order valence-corrected chi connectivity index (χ1v) is 7.74. The van der Waals surface area contributed by atoms with Crippen molar-refractivity contribution in [1.82, 2.24) is 4.90 Å². The van der Waals surface area contributed by atoms with Gasteiger partial charge in [0.2, 0.25) is 0 Å². The highest BCUT2D eigenvalue weighted by Gasteiger charge is 2.19. The number of anilines is 1. The number of likely N-dealkylation sites (tertiary alicyclic amines) is 1. The van der Waals surface area contributed by atoms with E-state index in [4.69, 9.17) is 5.73 Å². The van der Waals surface area contributed by atoms with Crippen LogP contribution in [0.2, 0.25) is 0 Å². The largest absolute Gasteiger partial charge is 0.398 e. The second-order valence-corrected chi connectivity index (χ2v) is 6.14. The van der Waals surface area contributed by atoms with Gasteiger partial charge in [-0.05, 0) is 37.5 Å². The topological polar surface area (TPSA) is 46.3 Å². The Hall–Kier alpha value is -1.03. The van der Waals surface area contributed by atoms with Crippen molar-refractivity contribution in [3.8, 4) is 0 Å². The lowest BCUT2D eigenvalue weighted by atomic mass is 10.0. The van der Waals surface area contributed by atoms with E-state index < -0.39 is 0 Å². The number of amides is 1. The number of carbonyl (C=O) groups is 1. The fourth-order valence-corrected chi connectivity index (χ4v) is 3.02. The number of rotatable bonds is 1. The first-order valence-electron chi connectivity index (χ1n) is 6.94. The quantitative estimate of drug-likeness (QED) is 0.800. The van der Waals surface area contributed by atoms with Gasteiger partial charge in [0.05, 0.1) is 0 Å². The van der Waals surface area contributed by atoms with E-state index in [1.54, 1.807) is 0 Å². The van der Waals surface area contributed by atoms with Crippen molar-refractivity contribution < 1.29 is 4.79 Å². The maximum absolute atomic E-state index is 12.6. The molecule has 1 aromatic carbocycles. The molecule has 0 unspecified atom stereocenters. The zero-order chi connectivity index (χ0) is 13.8. The minimum Gasteiger partial charge on any atom is -0.398 e. The van der Waals surface area contributed by atoms with Crippen LogP contribution in [-0.2, 0) is 0 Å². The fourth-order valence-electron chi connectivity index (χ4n) is 2.54. The monoisotopic (exact) mass is 324 g/mol. The summed E-state index contributed by atoms with van der Waals surface area (Å²) < 4.78 is 0.867. The van der Waals surface area contributed by atoms with Crippen molar-refractivity contribution >= 4 is 27.5 Å². The van der Waals surface area contributed by atoms with Gasteiger partial charge in [0.1, 0.15) is 0 Å². The highest BCUT2D eigenvalue weighted by molar-refractivity contribution is 9.10. The molecule has 1 aliphatic rings. The molecule has 104 valence electrons. The second-order valence-electron chi connectivity index (χ2n) is 5.23. The van der Waals surface area contributed by atoms with Crippen molar-refractivity contribution in [3.63, 3.8) is 0 Å². The number of halogens is 1. The molecule has 0 atom stereocenters. The van der Waals surface area contributed by atoms with Crippen molar-refractivity contribution in [2.75, 3.05) is 18.8 Å². The van der Waals surface area contributed by atoms with Gasteiger partial charge in [-0.2, -0.15) is 0 Å². The zero-order valence-corrected chi connectivity index (χ0v) is 13.0. The van der Waals surface area contributed by atoms with Crippen LogP contribution in [0.25, 0.3) is 0 Å². The summed E-state index contributed by atoms with van der Waals surface area (Å²) in [5.74, 6) is 0.118. The van der Waals surface area contributed by atoms with E-state index in [9.17, 15) is 4.79 Å². The van der Waals surface area contributed by atoms with Crippen LogP contribution in [0.15, 0.2) is 16.6 Å². The molecule has 19 heavy (non-hydrogen) atoms. The summed E-state index contributed by atoms with van der Waals surface area (Å²) in [6, 6.07) is 3.73. The lowest BCUT2D eigenvalue weighted by Gasteiger charge is -2.25. The van der Waals surface area contributed by atoms with Gasteiger partial charge in [-0.25, -0.2) is 0 Å². The Morgan fingerprint density at radius 1 is 1.16 bits per heavy atom. The van der Waals surface area contributed by atoms with Crippen molar-refractivity contribution in [1.29, 1.82) is 0 Å². The third-order valence-corrected chi connectivity index (χ3v) is 4.24. The minimum atomic E-state index is 0.118. The van der Waals surface area contributed by atoms with Gasteiger partial charge >= 0.3 is 0 Å². The molecule has 0 saturated carbocycles. The lowest BCUT2D eigenvalue weighted by molar-refractivity contribution is 0.0741. The Bertz CT molecular complexity index is 465. The third kappa shape index (κ3) is 3.50. The Morgan fingerprint density at radius 2 is 1.74 bits per heavy atom. The molecule has 3 nitrogen and oxygen atoms in total. The summed E-state index contributed by atoms with van der Waals surface area (Å²) in [6.45, 7) is 3.65. The van der Waals surface area contributed by atoms with Crippen LogP contribution in [0.4, 0.5) is 5.69 Å². The number of nitrogens with two attached hydrogens (primary N) is 1.